The van der Waals surface area contributed by atoms with Gasteiger partial charge in [-0.15, -0.1) is 0 Å². The number of nitrogens with one attached hydrogen (secondary N) is 1. The number of amides is 2. The summed E-state index contributed by atoms with van der Waals surface area (Å²) >= 11 is 0. The Morgan fingerprint density at radius 2 is 1.83 bits per heavy atom. The van der Waals surface area contributed by atoms with Gasteiger partial charge in [-0.2, -0.15) is 0 Å². The number of rotatable bonds is 7. The van der Waals surface area contributed by atoms with Crippen molar-refractivity contribution >= 4 is 22.8 Å². The fraction of sp³-hybridized carbons (Fsp3) is 0.217. The Kier molecular flexibility index (Phi) is 5.33. The lowest BCUT2D eigenvalue weighted by atomic mass is 10.1. The van der Waals surface area contributed by atoms with Crippen LogP contribution in [0.3, 0.4) is 0 Å². The van der Waals surface area contributed by atoms with Gasteiger partial charge in [-0.1, -0.05) is 36.4 Å². The largest absolute Gasteiger partial charge is 0.494 e. The number of fused-ring (bicyclic) bond motifs is 1. The summed E-state index contributed by atoms with van der Waals surface area (Å²) in [5, 5.41) is 14.3. The molecule has 1 aliphatic heterocycles. The van der Waals surface area contributed by atoms with Crippen LogP contribution in [0.4, 0.5) is 4.79 Å². The van der Waals surface area contributed by atoms with Crippen molar-refractivity contribution in [2.75, 3.05) is 13.2 Å². The van der Waals surface area contributed by atoms with E-state index in [1.54, 1.807) is 12.1 Å². The van der Waals surface area contributed by atoms with Gasteiger partial charge in [0.15, 0.2) is 0 Å². The van der Waals surface area contributed by atoms with E-state index in [-0.39, 0.29) is 17.6 Å². The van der Waals surface area contributed by atoms with E-state index in [0.29, 0.717) is 31.9 Å². The number of carboxylic acid groups (broad SMARTS) is 1. The normalized spacial score (nSPS) is 16.1. The number of hydrogen-bond donors (Lipinski definition) is 2. The van der Waals surface area contributed by atoms with Crippen molar-refractivity contribution in [1.29, 1.82) is 0 Å². The van der Waals surface area contributed by atoms with E-state index in [0.717, 1.165) is 5.56 Å². The molecule has 2 N–H and O–H groups in total. The zero-order chi connectivity index (χ0) is 20.2. The third kappa shape index (κ3) is 4.48. The molecule has 1 heterocycles. The summed E-state index contributed by atoms with van der Waals surface area (Å²) in [5.41, 5.74) is 1.33. The molecule has 2 amide bonds. The van der Waals surface area contributed by atoms with Crippen LogP contribution < -0.4 is 10.1 Å². The van der Waals surface area contributed by atoms with E-state index in [9.17, 15) is 9.59 Å². The van der Waals surface area contributed by atoms with Gasteiger partial charge in [-0.3, -0.25) is 0 Å². The highest BCUT2D eigenvalue weighted by Crippen LogP contribution is 2.19. The zero-order valence-electron chi connectivity index (χ0n) is 15.9. The Hall–Kier alpha value is -3.54. The van der Waals surface area contributed by atoms with Crippen LogP contribution in [0.2, 0.25) is 0 Å². The van der Waals surface area contributed by atoms with Gasteiger partial charge in [-0.05, 0) is 46.7 Å². The molecule has 1 aliphatic rings. The molecule has 0 spiro atoms. The molecule has 0 saturated carbocycles. The van der Waals surface area contributed by atoms with Crippen molar-refractivity contribution in [2.24, 2.45) is 0 Å². The highest BCUT2D eigenvalue weighted by Gasteiger charge is 2.28. The first-order chi connectivity index (χ1) is 14.1. The Balaban J connectivity index is 1.29. The molecule has 148 valence electrons. The second-order valence-corrected chi connectivity index (χ2v) is 7.18. The summed E-state index contributed by atoms with van der Waals surface area (Å²) in [7, 11) is 0. The molecule has 6 nitrogen and oxygen atoms in total. The van der Waals surface area contributed by atoms with Crippen molar-refractivity contribution in [3.63, 3.8) is 0 Å². The minimum absolute atomic E-state index is 0.0289. The van der Waals surface area contributed by atoms with Gasteiger partial charge in [0.2, 0.25) is 0 Å². The number of urea groups is 1. The number of carbonyl (C=O) groups is 2. The number of aromatic carboxylic acids is 1. The number of nitrogens with zero attached hydrogens (tertiary/aromatic N) is 1. The average molecular weight is 390 g/mol. The molecule has 1 unspecified atom stereocenters. The molecule has 1 atom stereocenters. The van der Waals surface area contributed by atoms with Crippen LogP contribution in [0.25, 0.3) is 10.8 Å². The Labute approximate surface area is 168 Å². The highest BCUT2D eigenvalue weighted by atomic mass is 16.5. The SMILES string of the molecule is O=C(O)c1ccc(OCCC2CN(Cc3ccc4ccccc4c3)C(=O)N2)cc1. The van der Waals surface area contributed by atoms with Crippen molar-refractivity contribution in [1.82, 2.24) is 10.2 Å². The maximum atomic E-state index is 12.3. The van der Waals surface area contributed by atoms with Gasteiger partial charge in [-0.25, -0.2) is 9.59 Å². The van der Waals surface area contributed by atoms with E-state index in [1.165, 1.54) is 22.9 Å². The predicted octanol–water partition coefficient (Wildman–Crippen LogP) is 3.90. The van der Waals surface area contributed by atoms with Crippen LogP contribution in [0.1, 0.15) is 22.3 Å². The lowest BCUT2D eigenvalue weighted by Crippen LogP contribution is -2.29. The Bertz CT molecular complexity index is 1030. The predicted molar refractivity (Wildman–Crippen MR) is 110 cm³/mol. The van der Waals surface area contributed by atoms with E-state index < -0.39 is 5.97 Å². The quantitative estimate of drug-likeness (QED) is 0.641. The number of benzene rings is 3. The highest BCUT2D eigenvalue weighted by molar-refractivity contribution is 5.87. The van der Waals surface area contributed by atoms with Crippen molar-refractivity contribution in [3.05, 3.63) is 77.9 Å². The van der Waals surface area contributed by atoms with E-state index >= 15 is 0 Å². The maximum Gasteiger partial charge on any atom is 0.335 e. The topological polar surface area (TPSA) is 78.9 Å². The summed E-state index contributed by atoms with van der Waals surface area (Å²) in [6, 6.07) is 20.7. The number of ether oxygens (including phenoxy) is 1. The van der Waals surface area contributed by atoms with Gasteiger partial charge in [0, 0.05) is 19.5 Å². The summed E-state index contributed by atoms with van der Waals surface area (Å²) in [6.45, 7) is 1.65. The third-order valence-corrected chi connectivity index (χ3v) is 5.08. The Morgan fingerprint density at radius 3 is 2.59 bits per heavy atom. The minimum Gasteiger partial charge on any atom is -0.494 e. The van der Waals surface area contributed by atoms with Crippen LogP contribution in [-0.4, -0.2) is 41.2 Å². The van der Waals surface area contributed by atoms with Crippen LogP contribution in [0.5, 0.6) is 5.75 Å². The van der Waals surface area contributed by atoms with Crippen LogP contribution >= 0.6 is 0 Å². The molecule has 1 saturated heterocycles. The molecule has 3 aromatic rings. The van der Waals surface area contributed by atoms with Crippen LogP contribution in [0, 0.1) is 0 Å². The maximum absolute atomic E-state index is 12.3. The minimum atomic E-state index is -0.961. The molecule has 1 fully saturated rings. The van der Waals surface area contributed by atoms with Crippen LogP contribution in [-0.2, 0) is 6.54 Å². The lowest BCUT2D eigenvalue weighted by molar-refractivity contribution is 0.0697. The van der Waals surface area contributed by atoms with Crippen molar-refractivity contribution in [2.45, 2.75) is 19.0 Å². The fourth-order valence-electron chi connectivity index (χ4n) is 3.53. The second-order valence-electron chi connectivity index (χ2n) is 7.18. The molecule has 4 rings (SSSR count). The first-order valence-electron chi connectivity index (χ1n) is 9.58. The zero-order valence-corrected chi connectivity index (χ0v) is 15.9. The van der Waals surface area contributed by atoms with Gasteiger partial charge in [0.05, 0.1) is 18.2 Å². The van der Waals surface area contributed by atoms with E-state index in [4.69, 9.17) is 9.84 Å². The molecule has 6 heteroatoms. The number of hydrogen-bond acceptors (Lipinski definition) is 3. The number of carbonyl (C=O) groups excluding carboxylic acids is 1. The van der Waals surface area contributed by atoms with E-state index in [1.807, 2.05) is 17.0 Å². The van der Waals surface area contributed by atoms with Crippen LogP contribution in [0.15, 0.2) is 66.7 Å². The second kappa shape index (κ2) is 8.22. The summed E-state index contributed by atoms with van der Waals surface area (Å²) in [5.74, 6) is -0.343. The van der Waals surface area contributed by atoms with Gasteiger partial charge in [0.1, 0.15) is 5.75 Å². The molecular formula is C23H22N2O4. The molecule has 0 bridgehead atoms. The summed E-state index contributed by atoms with van der Waals surface area (Å²) in [6.07, 6.45) is 0.681. The molecule has 0 aliphatic carbocycles. The molecule has 0 aromatic heterocycles. The first-order valence-corrected chi connectivity index (χ1v) is 9.58. The molecule has 3 aromatic carbocycles. The standard InChI is InChI=1S/C23H22N2O4/c26-22(27)18-7-9-21(10-8-18)29-12-11-20-15-25(23(28)24-20)14-16-5-6-17-3-1-2-4-19(17)13-16/h1-10,13,20H,11-12,14-15H2,(H,24,28)(H,26,27). The van der Waals surface area contributed by atoms with Gasteiger partial charge >= 0.3 is 12.0 Å². The summed E-state index contributed by atoms with van der Waals surface area (Å²) in [4.78, 5) is 25.0. The molecule has 0 radical (unpaired) electrons. The van der Waals surface area contributed by atoms with Crippen molar-refractivity contribution in [3.8, 4) is 5.75 Å². The molecular weight excluding hydrogens is 368 g/mol. The lowest BCUT2D eigenvalue weighted by Gasteiger charge is -2.15. The van der Waals surface area contributed by atoms with Gasteiger partial charge in [0.25, 0.3) is 0 Å². The number of carboxylic acids is 1. The molecule has 29 heavy (non-hydrogen) atoms. The smallest absolute Gasteiger partial charge is 0.335 e. The monoisotopic (exact) mass is 390 g/mol. The third-order valence-electron chi connectivity index (χ3n) is 5.08. The van der Waals surface area contributed by atoms with E-state index in [2.05, 4.69) is 35.6 Å². The fourth-order valence-corrected chi connectivity index (χ4v) is 3.53. The average Bonchev–Trinajstić information content (AvgIpc) is 3.07. The summed E-state index contributed by atoms with van der Waals surface area (Å²) < 4.78 is 5.68. The van der Waals surface area contributed by atoms with Gasteiger partial charge < -0.3 is 20.1 Å². The Morgan fingerprint density at radius 1 is 1.07 bits per heavy atom. The first kappa shape index (κ1) is 18.8. The van der Waals surface area contributed by atoms with Crippen molar-refractivity contribution < 1.29 is 19.4 Å².